The first-order valence-corrected chi connectivity index (χ1v) is 11.8. The molecule has 0 N–H and O–H groups in total. The second kappa shape index (κ2) is 13.0. The Morgan fingerprint density at radius 2 is 1.82 bits per heavy atom. The van der Waals surface area contributed by atoms with Gasteiger partial charge in [-0.25, -0.2) is 4.98 Å². The molecule has 3 aromatic rings. The largest absolute Gasteiger partial charge is 0.494 e. The van der Waals surface area contributed by atoms with Gasteiger partial charge in [-0.2, -0.15) is 0 Å². The number of likely N-dealkylation sites (N-methyl/N-ethyl adjacent to an activating group) is 1. The topological polar surface area (TPSA) is 88.8 Å². The minimum atomic E-state index is -0.447. The monoisotopic (exact) mass is 504 g/mol. The highest BCUT2D eigenvalue weighted by molar-refractivity contribution is 7.22. The number of anilines is 1. The van der Waals surface area contributed by atoms with Crippen molar-refractivity contribution in [2.45, 2.75) is 20.8 Å². The summed E-state index contributed by atoms with van der Waals surface area (Å²) in [6, 6.07) is 11.8. The number of halogens is 1. The molecule has 182 valence electrons. The smallest absolute Gasteiger partial charge is 0.269 e. The van der Waals surface area contributed by atoms with Gasteiger partial charge in [-0.15, -0.1) is 12.4 Å². The molecule has 0 aliphatic heterocycles. The van der Waals surface area contributed by atoms with Crippen molar-refractivity contribution in [3.8, 4) is 5.75 Å². The molecular weight excluding hydrogens is 476 g/mol. The minimum Gasteiger partial charge on any atom is -0.494 e. The number of carbonyl (C=O) groups excluding carboxylic acids is 1. The Bertz CT molecular complexity index is 1130. The summed E-state index contributed by atoms with van der Waals surface area (Å²) >= 11 is 1.45. The van der Waals surface area contributed by atoms with Gasteiger partial charge in [0.25, 0.3) is 11.6 Å². The lowest BCUT2D eigenvalue weighted by Gasteiger charge is -2.23. The molecule has 3 rings (SSSR count). The Balaban J connectivity index is 0.00000408. The number of nitro benzene ring substituents is 1. The molecule has 0 fully saturated rings. The molecule has 34 heavy (non-hydrogen) atoms. The lowest BCUT2D eigenvalue weighted by atomic mass is 10.2. The van der Waals surface area contributed by atoms with Crippen LogP contribution in [0, 0.1) is 10.1 Å². The van der Waals surface area contributed by atoms with Gasteiger partial charge in [-0.3, -0.25) is 19.8 Å². The van der Waals surface area contributed by atoms with E-state index in [0.717, 1.165) is 35.6 Å². The molecule has 0 aliphatic carbocycles. The van der Waals surface area contributed by atoms with E-state index in [1.54, 1.807) is 23.1 Å². The summed E-state index contributed by atoms with van der Waals surface area (Å²) in [6.07, 6.45) is 3.15. The van der Waals surface area contributed by atoms with E-state index in [2.05, 4.69) is 18.7 Å². The molecule has 8 nitrogen and oxygen atoms in total. The van der Waals surface area contributed by atoms with Crippen LogP contribution in [0.4, 0.5) is 10.8 Å². The molecule has 0 atom stereocenters. The average molecular weight is 505 g/mol. The van der Waals surface area contributed by atoms with Crippen molar-refractivity contribution in [2.75, 3.05) is 37.7 Å². The van der Waals surface area contributed by atoms with Crippen LogP contribution in [0.15, 0.2) is 48.5 Å². The zero-order valence-corrected chi connectivity index (χ0v) is 21.1. The molecule has 2 aromatic carbocycles. The summed E-state index contributed by atoms with van der Waals surface area (Å²) in [4.78, 5) is 32.2. The normalized spacial score (nSPS) is 11.1. The first-order valence-electron chi connectivity index (χ1n) is 10.9. The van der Waals surface area contributed by atoms with Crippen molar-refractivity contribution < 1.29 is 14.5 Å². The van der Waals surface area contributed by atoms with E-state index < -0.39 is 4.92 Å². The summed E-state index contributed by atoms with van der Waals surface area (Å²) < 4.78 is 6.54. The first-order chi connectivity index (χ1) is 15.9. The van der Waals surface area contributed by atoms with Crippen LogP contribution in [0.2, 0.25) is 0 Å². The highest BCUT2D eigenvalue weighted by Crippen LogP contribution is 2.32. The lowest BCUT2D eigenvalue weighted by Crippen LogP contribution is -2.38. The predicted molar refractivity (Wildman–Crippen MR) is 140 cm³/mol. The maximum atomic E-state index is 13.2. The molecule has 0 aliphatic rings. The second-order valence-corrected chi connectivity index (χ2v) is 8.27. The number of aromatic nitrogens is 1. The number of carbonyl (C=O) groups is 1. The van der Waals surface area contributed by atoms with Crippen LogP contribution in [-0.2, 0) is 4.79 Å². The van der Waals surface area contributed by atoms with Crippen LogP contribution in [0.1, 0.15) is 26.3 Å². The molecular formula is C24H29ClN4O4S. The number of rotatable bonds is 11. The quantitative estimate of drug-likeness (QED) is 0.197. The standard InChI is InChI=1S/C24H28N4O4S.ClH/c1-4-26(5-2)15-16-27(23(29)14-9-18-7-10-19(11-8-18)28(30)31)24-25-21-13-12-20(32-6-3)17-22(21)33-24;/h7-14,17H,4-6,15-16H2,1-3H3;1H. The van der Waals surface area contributed by atoms with E-state index in [4.69, 9.17) is 9.72 Å². The van der Waals surface area contributed by atoms with Gasteiger partial charge in [0.2, 0.25) is 0 Å². The van der Waals surface area contributed by atoms with Crippen molar-refractivity contribution in [1.82, 2.24) is 9.88 Å². The summed E-state index contributed by atoms with van der Waals surface area (Å²) in [7, 11) is 0. The Morgan fingerprint density at radius 3 is 2.44 bits per heavy atom. The maximum Gasteiger partial charge on any atom is 0.269 e. The van der Waals surface area contributed by atoms with Gasteiger partial charge in [0, 0.05) is 31.3 Å². The summed E-state index contributed by atoms with van der Waals surface area (Å²) in [5.74, 6) is 0.587. The SMILES string of the molecule is CCOc1ccc2nc(N(CCN(CC)CC)C(=O)C=Cc3ccc([N+](=O)[O-])cc3)sc2c1.Cl. The fraction of sp³-hybridized carbons (Fsp3) is 0.333. The molecule has 0 bridgehead atoms. The average Bonchev–Trinajstić information content (AvgIpc) is 3.24. The van der Waals surface area contributed by atoms with E-state index in [1.165, 1.54) is 29.5 Å². The number of hydrogen-bond donors (Lipinski definition) is 0. The number of non-ortho nitro benzene ring substituents is 1. The van der Waals surface area contributed by atoms with Gasteiger partial charge in [0.05, 0.1) is 21.7 Å². The Hall–Kier alpha value is -3.01. The molecule has 0 spiro atoms. The van der Waals surface area contributed by atoms with Crippen molar-refractivity contribution in [3.63, 3.8) is 0 Å². The molecule has 0 radical (unpaired) electrons. The van der Waals surface area contributed by atoms with Crippen LogP contribution < -0.4 is 9.64 Å². The number of hydrogen-bond acceptors (Lipinski definition) is 7. The first kappa shape index (κ1) is 27.2. The fourth-order valence-corrected chi connectivity index (χ4v) is 4.34. The third kappa shape index (κ3) is 6.99. The molecule has 1 heterocycles. The Kier molecular flexibility index (Phi) is 10.4. The van der Waals surface area contributed by atoms with Gasteiger partial charge in [0.15, 0.2) is 5.13 Å². The maximum absolute atomic E-state index is 13.2. The highest BCUT2D eigenvalue weighted by Gasteiger charge is 2.19. The van der Waals surface area contributed by atoms with Crippen LogP contribution >= 0.6 is 23.7 Å². The zero-order valence-electron chi connectivity index (χ0n) is 19.5. The minimum absolute atomic E-state index is 0. The van der Waals surface area contributed by atoms with Crippen LogP contribution in [0.25, 0.3) is 16.3 Å². The summed E-state index contributed by atoms with van der Waals surface area (Å²) in [5, 5.41) is 11.5. The Labute approximate surface area is 209 Å². The molecule has 0 saturated heterocycles. The van der Waals surface area contributed by atoms with Crippen molar-refractivity contribution >= 4 is 56.8 Å². The van der Waals surface area contributed by atoms with Crippen molar-refractivity contribution in [3.05, 3.63) is 64.2 Å². The van der Waals surface area contributed by atoms with E-state index >= 15 is 0 Å². The molecule has 1 aromatic heterocycles. The third-order valence-corrected chi connectivity index (χ3v) is 6.25. The van der Waals surface area contributed by atoms with Gasteiger partial charge in [-0.05, 0) is 62.0 Å². The van der Waals surface area contributed by atoms with E-state index in [-0.39, 0.29) is 24.0 Å². The van der Waals surface area contributed by atoms with Crippen LogP contribution in [-0.4, -0.2) is 53.5 Å². The highest BCUT2D eigenvalue weighted by atomic mass is 35.5. The van der Waals surface area contributed by atoms with Crippen molar-refractivity contribution in [1.29, 1.82) is 0 Å². The van der Waals surface area contributed by atoms with E-state index in [9.17, 15) is 14.9 Å². The number of ether oxygens (including phenoxy) is 1. The van der Waals surface area contributed by atoms with E-state index in [0.29, 0.717) is 23.8 Å². The fourth-order valence-electron chi connectivity index (χ4n) is 3.31. The number of nitrogens with zero attached hydrogens (tertiary/aromatic N) is 4. The predicted octanol–water partition coefficient (Wildman–Crippen LogP) is 5.41. The molecule has 0 saturated carbocycles. The molecule has 1 amide bonds. The number of fused-ring (bicyclic) bond motifs is 1. The lowest BCUT2D eigenvalue weighted by molar-refractivity contribution is -0.384. The van der Waals surface area contributed by atoms with Gasteiger partial charge < -0.3 is 9.64 Å². The third-order valence-electron chi connectivity index (χ3n) is 5.21. The Morgan fingerprint density at radius 1 is 1.12 bits per heavy atom. The van der Waals surface area contributed by atoms with E-state index in [1.807, 2.05) is 25.1 Å². The van der Waals surface area contributed by atoms with Crippen LogP contribution in [0.5, 0.6) is 5.75 Å². The number of benzene rings is 2. The summed E-state index contributed by atoms with van der Waals surface area (Å²) in [5.41, 5.74) is 1.54. The van der Waals surface area contributed by atoms with Gasteiger partial charge in [-0.1, -0.05) is 25.2 Å². The van der Waals surface area contributed by atoms with Crippen LogP contribution in [0.3, 0.4) is 0 Å². The zero-order chi connectivity index (χ0) is 23.8. The molecule has 10 heteroatoms. The number of amides is 1. The number of nitro groups is 1. The summed E-state index contributed by atoms with van der Waals surface area (Å²) in [6.45, 7) is 9.73. The van der Waals surface area contributed by atoms with Gasteiger partial charge in [0.1, 0.15) is 5.75 Å². The molecule has 0 unspecified atom stereocenters. The second-order valence-electron chi connectivity index (χ2n) is 7.26. The van der Waals surface area contributed by atoms with Crippen molar-refractivity contribution in [2.24, 2.45) is 0 Å². The number of thiazole rings is 1. The van der Waals surface area contributed by atoms with Gasteiger partial charge >= 0.3 is 0 Å².